The third-order valence-electron chi connectivity index (χ3n) is 4.47. The third kappa shape index (κ3) is 2.51. The van der Waals surface area contributed by atoms with Crippen molar-refractivity contribution in [3.8, 4) is 0 Å². The summed E-state index contributed by atoms with van der Waals surface area (Å²) in [5, 5.41) is 25.4. The predicted octanol–water partition coefficient (Wildman–Crippen LogP) is -0.191. The van der Waals surface area contributed by atoms with Crippen LogP contribution in [0.3, 0.4) is 0 Å². The number of tetrazole rings is 1. The molecule has 5 atom stereocenters. The highest BCUT2D eigenvalue weighted by Crippen LogP contribution is 2.41. The summed E-state index contributed by atoms with van der Waals surface area (Å²) in [6, 6.07) is -1.51. The Morgan fingerprint density at radius 3 is 2.52 bits per heavy atom. The zero-order chi connectivity index (χ0) is 16.6. The summed E-state index contributed by atoms with van der Waals surface area (Å²) in [5.41, 5.74) is 0. The monoisotopic (exact) mass is 323 g/mol. The van der Waals surface area contributed by atoms with Gasteiger partial charge in [0.05, 0.1) is 32.2 Å². The van der Waals surface area contributed by atoms with E-state index in [2.05, 4.69) is 30.6 Å². The fourth-order valence-electron chi connectivity index (χ4n) is 3.34. The molecule has 2 aliphatic rings. The topological polar surface area (TPSA) is 141 Å². The Morgan fingerprint density at radius 2 is 1.96 bits per heavy atom. The molecule has 1 aromatic rings. The lowest BCUT2D eigenvalue weighted by molar-refractivity contribution is -0.536. The van der Waals surface area contributed by atoms with Gasteiger partial charge in [-0.05, 0) is 0 Å². The summed E-state index contributed by atoms with van der Waals surface area (Å²) in [6.07, 6.45) is 0.278. The summed E-state index contributed by atoms with van der Waals surface area (Å²) in [6.45, 7) is 1.81. The lowest BCUT2D eigenvalue weighted by Crippen LogP contribution is -2.51. The van der Waals surface area contributed by atoms with E-state index in [9.17, 15) is 10.1 Å². The van der Waals surface area contributed by atoms with Gasteiger partial charge in [0.1, 0.15) is 0 Å². The van der Waals surface area contributed by atoms with Gasteiger partial charge in [-0.25, -0.2) is 9.98 Å². The van der Waals surface area contributed by atoms with E-state index < -0.39 is 6.04 Å². The van der Waals surface area contributed by atoms with E-state index in [0.717, 1.165) is 0 Å². The van der Waals surface area contributed by atoms with Gasteiger partial charge >= 0.3 is 0 Å². The summed E-state index contributed by atoms with van der Waals surface area (Å²) < 4.78 is 10.4. The number of nitro groups is 1. The van der Waals surface area contributed by atoms with Crippen LogP contribution in [0, 0.1) is 16.0 Å². The predicted molar refractivity (Wildman–Crippen MR) is 77.9 cm³/mol. The van der Waals surface area contributed by atoms with E-state index in [4.69, 9.17) is 9.47 Å². The molecule has 1 fully saturated rings. The highest BCUT2D eigenvalue weighted by Gasteiger charge is 2.52. The van der Waals surface area contributed by atoms with E-state index in [1.54, 1.807) is 0 Å². The summed E-state index contributed by atoms with van der Waals surface area (Å²) in [4.78, 5) is 20.2. The van der Waals surface area contributed by atoms with Crippen molar-refractivity contribution in [2.24, 2.45) is 15.9 Å². The van der Waals surface area contributed by atoms with Gasteiger partial charge in [-0.2, -0.15) is 5.21 Å². The fraction of sp³-hybridized carbons (Fsp3) is 0.750. The lowest BCUT2D eigenvalue weighted by atomic mass is 9.71. The average molecular weight is 323 g/mol. The van der Waals surface area contributed by atoms with Crippen molar-refractivity contribution in [1.82, 2.24) is 20.6 Å². The van der Waals surface area contributed by atoms with Crippen LogP contribution in [0.5, 0.6) is 0 Å². The molecule has 23 heavy (non-hydrogen) atoms. The van der Waals surface area contributed by atoms with Crippen molar-refractivity contribution in [2.75, 3.05) is 14.2 Å². The van der Waals surface area contributed by atoms with Gasteiger partial charge in [-0.1, -0.05) is 12.1 Å². The Balaban J connectivity index is 2.04. The van der Waals surface area contributed by atoms with Gasteiger partial charge < -0.3 is 9.47 Å². The number of fused-ring (bicyclic) bond motifs is 1. The van der Waals surface area contributed by atoms with Gasteiger partial charge in [0.25, 0.3) is 11.8 Å². The largest absolute Gasteiger partial charge is 0.477 e. The first kappa shape index (κ1) is 15.3. The first-order chi connectivity index (χ1) is 11.1. The van der Waals surface area contributed by atoms with Gasteiger partial charge in [-0.3, -0.25) is 10.1 Å². The highest BCUT2D eigenvalue weighted by atomic mass is 16.6. The Bertz CT molecular complexity index is 644. The molecule has 0 aromatic carbocycles. The van der Waals surface area contributed by atoms with E-state index in [-0.39, 0.29) is 47.1 Å². The van der Waals surface area contributed by atoms with Gasteiger partial charge in [0.15, 0.2) is 5.82 Å². The third-order valence-corrected chi connectivity index (χ3v) is 4.47. The highest BCUT2D eigenvalue weighted by molar-refractivity contribution is 6.35. The second-order valence-corrected chi connectivity index (χ2v) is 5.58. The molecule has 1 saturated carbocycles. The number of hydrogen-bond acceptors (Lipinski definition) is 9. The number of H-pyrrole nitrogens is 1. The zero-order valence-corrected chi connectivity index (χ0v) is 12.9. The Morgan fingerprint density at radius 1 is 1.26 bits per heavy atom. The van der Waals surface area contributed by atoms with Gasteiger partial charge in [0.2, 0.25) is 6.04 Å². The first-order valence-corrected chi connectivity index (χ1v) is 7.17. The molecule has 0 radical (unpaired) electrons. The van der Waals surface area contributed by atoms with Crippen molar-refractivity contribution < 1.29 is 14.4 Å². The molecule has 0 saturated heterocycles. The van der Waals surface area contributed by atoms with Crippen LogP contribution in [0.2, 0.25) is 0 Å². The quantitative estimate of drug-likeness (QED) is 0.587. The lowest BCUT2D eigenvalue weighted by Gasteiger charge is -2.39. The maximum Gasteiger partial charge on any atom is 0.273 e. The second-order valence-electron chi connectivity index (χ2n) is 5.58. The minimum Gasteiger partial charge on any atom is -0.477 e. The summed E-state index contributed by atoms with van der Waals surface area (Å²) in [7, 11) is 2.93. The molecule has 0 bridgehead atoms. The van der Waals surface area contributed by atoms with E-state index in [1.165, 1.54) is 14.2 Å². The zero-order valence-electron chi connectivity index (χ0n) is 12.9. The molecule has 1 aliphatic heterocycles. The molecule has 11 heteroatoms. The maximum atomic E-state index is 11.4. The van der Waals surface area contributed by atoms with Crippen LogP contribution >= 0.6 is 0 Å². The van der Waals surface area contributed by atoms with Crippen LogP contribution < -0.4 is 0 Å². The van der Waals surface area contributed by atoms with Crippen molar-refractivity contribution in [3.63, 3.8) is 0 Å². The standard InChI is InChI=1S/C12H17N7O4/c1-5-7(19(20)21)4-6-9(8(5)10-15-17-18-16-10)14-12(23-3)11(13-6)22-2/h5-9H,4H2,1-3H3,(H,15,16,17,18). The van der Waals surface area contributed by atoms with Gasteiger partial charge in [-0.15, -0.1) is 10.2 Å². The van der Waals surface area contributed by atoms with Crippen LogP contribution in [0.1, 0.15) is 25.1 Å². The molecular weight excluding hydrogens is 306 g/mol. The van der Waals surface area contributed by atoms with E-state index in [0.29, 0.717) is 5.82 Å². The molecule has 1 aliphatic carbocycles. The maximum absolute atomic E-state index is 11.4. The molecule has 1 N–H and O–H groups in total. The number of aliphatic imine (C=N–C) groups is 2. The van der Waals surface area contributed by atoms with Gasteiger partial charge in [0, 0.05) is 17.3 Å². The van der Waals surface area contributed by atoms with Crippen LogP contribution in [-0.4, -0.2) is 69.7 Å². The number of aromatic nitrogens is 4. The van der Waals surface area contributed by atoms with E-state index >= 15 is 0 Å². The normalized spacial score (nSPS) is 33.3. The molecule has 5 unspecified atom stereocenters. The summed E-state index contributed by atoms with van der Waals surface area (Å²) in [5.74, 6) is 0.223. The first-order valence-electron chi connectivity index (χ1n) is 7.17. The molecule has 0 amide bonds. The molecule has 124 valence electrons. The van der Waals surface area contributed by atoms with Crippen molar-refractivity contribution in [1.29, 1.82) is 0 Å². The fourth-order valence-corrected chi connectivity index (χ4v) is 3.34. The summed E-state index contributed by atoms with van der Waals surface area (Å²) >= 11 is 0. The number of hydrogen-bond donors (Lipinski definition) is 1. The smallest absolute Gasteiger partial charge is 0.273 e. The Kier molecular flexibility index (Phi) is 3.92. The number of aromatic amines is 1. The minimum absolute atomic E-state index is 0.247. The van der Waals surface area contributed by atoms with Crippen molar-refractivity contribution in [3.05, 3.63) is 15.9 Å². The number of rotatable bonds is 2. The molecule has 2 heterocycles. The molecular formula is C12H17N7O4. The average Bonchev–Trinajstić information content (AvgIpc) is 3.06. The van der Waals surface area contributed by atoms with Crippen LogP contribution in [0.4, 0.5) is 0 Å². The SMILES string of the molecule is COC1=NC2CC([N+](=O)[O-])C(C)C(c3nn[nH]n3)C2N=C1OC. The van der Waals surface area contributed by atoms with Crippen molar-refractivity contribution >= 4 is 11.8 Å². The molecule has 11 nitrogen and oxygen atoms in total. The van der Waals surface area contributed by atoms with E-state index in [1.807, 2.05) is 6.92 Å². The van der Waals surface area contributed by atoms with Crippen molar-refractivity contribution in [2.45, 2.75) is 37.4 Å². The molecule has 1 aromatic heterocycles. The molecule has 3 rings (SSSR count). The molecule has 0 spiro atoms. The van der Waals surface area contributed by atoms with Crippen LogP contribution in [0.15, 0.2) is 9.98 Å². The number of ether oxygens (including phenoxy) is 2. The second kappa shape index (κ2) is 5.89. The minimum atomic E-state index is -0.763. The Labute approximate surface area is 131 Å². The Hall–Kier alpha value is -2.59. The number of nitrogens with zero attached hydrogens (tertiary/aromatic N) is 6. The number of nitrogens with one attached hydrogen (secondary N) is 1. The van der Waals surface area contributed by atoms with Crippen LogP contribution in [0.25, 0.3) is 0 Å². The van der Waals surface area contributed by atoms with Crippen LogP contribution in [-0.2, 0) is 9.47 Å². The number of methoxy groups -OCH3 is 2.